The van der Waals surface area contributed by atoms with Gasteiger partial charge in [0.15, 0.2) is 18.0 Å². The van der Waals surface area contributed by atoms with Crippen molar-refractivity contribution in [2.24, 2.45) is 0 Å². The number of nitrogens with one attached hydrogen (secondary N) is 2. The molecule has 8 heteroatoms. The lowest BCUT2D eigenvalue weighted by molar-refractivity contribution is -0.885. The van der Waals surface area contributed by atoms with Crippen LogP contribution in [0.3, 0.4) is 0 Å². The lowest BCUT2D eigenvalue weighted by Gasteiger charge is -2.13. The monoisotopic (exact) mass is 341 g/mol. The van der Waals surface area contributed by atoms with E-state index in [2.05, 4.69) is 14.8 Å². The minimum atomic E-state index is -3.66. The molecule has 5 nitrogen and oxygen atoms in total. The summed E-state index contributed by atoms with van der Waals surface area (Å²) in [6.45, 7) is 1.00. The lowest BCUT2D eigenvalue weighted by Crippen LogP contribution is -3.08. The zero-order valence-corrected chi connectivity index (χ0v) is 13.1. The Labute approximate surface area is 135 Å². The molecule has 0 radical (unpaired) electrons. The maximum absolute atomic E-state index is 12.9. The summed E-state index contributed by atoms with van der Waals surface area (Å²) in [4.78, 5) is 13.1. The van der Waals surface area contributed by atoms with Gasteiger partial charge in [-0.05, 0) is 29.0 Å². The van der Waals surface area contributed by atoms with Crippen LogP contribution in [-0.4, -0.2) is 25.8 Å². The fourth-order valence-electron chi connectivity index (χ4n) is 2.31. The third kappa shape index (κ3) is 3.96. The molecule has 1 aromatic heterocycles. The highest BCUT2D eigenvalue weighted by Crippen LogP contribution is 2.42. The van der Waals surface area contributed by atoms with Crippen LogP contribution in [0.15, 0.2) is 35.0 Å². The van der Waals surface area contributed by atoms with Crippen molar-refractivity contribution >= 4 is 22.9 Å². The van der Waals surface area contributed by atoms with Crippen LogP contribution in [-0.2, 0) is 11.3 Å². The lowest BCUT2D eigenvalue weighted by atomic mass is 10.2. The normalized spacial score (nSPS) is 16.1. The van der Waals surface area contributed by atoms with Gasteiger partial charge >= 0.3 is 6.29 Å². The molecule has 23 heavy (non-hydrogen) atoms. The van der Waals surface area contributed by atoms with Crippen LogP contribution in [0.5, 0.6) is 11.5 Å². The first kappa shape index (κ1) is 15.7. The van der Waals surface area contributed by atoms with E-state index >= 15 is 0 Å². The van der Waals surface area contributed by atoms with Gasteiger partial charge in [-0.25, -0.2) is 0 Å². The summed E-state index contributed by atoms with van der Waals surface area (Å²) in [5.74, 6) is -0.344. The smallest absolute Gasteiger partial charge is 0.395 e. The van der Waals surface area contributed by atoms with Gasteiger partial charge in [0.25, 0.3) is 5.91 Å². The van der Waals surface area contributed by atoms with Gasteiger partial charge in [-0.2, -0.15) is 11.3 Å². The SMILES string of the molecule is C[NH+](CC(=O)Nc1ccc2c(c1)OC(F)(F)O2)Cc1ccsc1. The Morgan fingerprint density at radius 2 is 2.09 bits per heavy atom. The third-order valence-corrected chi connectivity index (χ3v) is 3.97. The van der Waals surface area contributed by atoms with Crippen LogP contribution in [0.2, 0.25) is 0 Å². The summed E-state index contributed by atoms with van der Waals surface area (Å²) in [5, 5.41) is 6.70. The molecule has 0 spiro atoms. The number of rotatable bonds is 5. The number of thiophene rings is 1. The van der Waals surface area contributed by atoms with Gasteiger partial charge in [0.2, 0.25) is 0 Å². The van der Waals surface area contributed by atoms with Crippen molar-refractivity contribution in [3.8, 4) is 11.5 Å². The van der Waals surface area contributed by atoms with Crippen LogP contribution in [0.1, 0.15) is 5.56 Å². The second kappa shape index (κ2) is 6.13. The third-order valence-electron chi connectivity index (χ3n) is 3.23. The summed E-state index contributed by atoms with van der Waals surface area (Å²) in [5.41, 5.74) is 1.56. The van der Waals surface area contributed by atoms with E-state index < -0.39 is 6.29 Å². The Morgan fingerprint density at radius 1 is 1.30 bits per heavy atom. The predicted molar refractivity (Wildman–Crippen MR) is 81.1 cm³/mol. The topological polar surface area (TPSA) is 52.0 Å². The van der Waals surface area contributed by atoms with Gasteiger partial charge in [0, 0.05) is 17.3 Å². The van der Waals surface area contributed by atoms with Crippen molar-refractivity contribution in [3.05, 3.63) is 40.6 Å². The molecule has 1 unspecified atom stereocenters. The number of benzene rings is 1. The quantitative estimate of drug-likeness (QED) is 0.871. The number of likely N-dealkylation sites (N-methyl/N-ethyl adjacent to an activating group) is 1. The number of carbonyl (C=O) groups excluding carboxylic acids is 1. The summed E-state index contributed by atoms with van der Waals surface area (Å²) < 4.78 is 34.6. The number of hydrogen-bond acceptors (Lipinski definition) is 4. The number of anilines is 1. The van der Waals surface area contributed by atoms with Crippen LogP contribution in [0.25, 0.3) is 0 Å². The summed E-state index contributed by atoms with van der Waals surface area (Å²) in [6.07, 6.45) is -3.66. The number of halogens is 2. The minimum Gasteiger partial charge on any atom is -0.395 e. The molecule has 0 saturated carbocycles. The maximum Gasteiger partial charge on any atom is 0.586 e. The van der Waals surface area contributed by atoms with E-state index in [-0.39, 0.29) is 24.0 Å². The standard InChI is InChI=1S/C15H14F2N2O3S/c1-19(7-10-4-5-23-9-10)8-14(20)18-11-2-3-12-13(6-11)22-15(16,17)21-12/h2-6,9H,7-8H2,1H3,(H,18,20)/p+1. The van der Waals surface area contributed by atoms with Crippen molar-refractivity contribution in [1.82, 2.24) is 0 Å². The summed E-state index contributed by atoms with van der Waals surface area (Å²) in [6, 6.07) is 6.18. The van der Waals surface area contributed by atoms with E-state index in [0.717, 1.165) is 11.4 Å². The summed E-state index contributed by atoms with van der Waals surface area (Å²) in [7, 11) is 1.91. The highest BCUT2D eigenvalue weighted by Gasteiger charge is 2.43. The Morgan fingerprint density at radius 3 is 2.83 bits per heavy atom. The Kier molecular flexibility index (Phi) is 4.18. The molecule has 2 heterocycles. The zero-order chi connectivity index (χ0) is 16.4. The van der Waals surface area contributed by atoms with E-state index in [0.29, 0.717) is 5.69 Å². The van der Waals surface area contributed by atoms with Gasteiger partial charge in [0.1, 0.15) is 6.54 Å². The largest absolute Gasteiger partial charge is 0.586 e. The molecule has 1 amide bonds. The molecule has 2 N–H and O–H groups in total. The second-order valence-electron chi connectivity index (χ2n) is 5.32. The first-order valence-corrected chi connectivity index (χ1v) is 7.88. The molecule has 1 aromatic carbocycles. The van der Waals surface area contributed by atoms with Gasteiger partial charge in [0.05, 0.1) is 7.05 Å². The molecule has 1 atom stereocenters. The zero-order valence-electron chi connectivity index (χ0n) is 12.3. The Hall–Kier alpha value is -2.19. The number of carbonyl (C=O) groups is 1. The average Bonchev–Trinajstić information content (AvgIpc) is 3.03. The van der Waals surface area contributed by atoms with E-state index in [4.69, 9.17) is 0 Å². The highest BCUT2D eigenvalue weighted by atomic mass is 32.1. The maximum atomic E-state index is 12.9. The van der Waals surface area contributed by atoms with Crippen LogP contribution in [0.4, 0.5) is 14.5 Å². The molecule has 122 valence electrons. The van der Waals surface area contributed by atoms with Gasteiger partial charge in [-0.1, -0.05) is 0 Å². The van der Waals surface area contributed by atoms with Crippen molar-refractivity contribution in [2.45, 2.75) is 12.8 Å². The molecule has 0 bridgehead atoms. The second-order valence-corrected chi connectivity index (χ2v) is 6.10. The molecule has 1 aliphatic rings. The average molecular weight is 341 g/mol. The van der Waals surface area contributed by atoms with Crippen LogP contribution in [0, 0.1) is 0 Å². The number of amides is 1. The first-order valence-electron chi connectivity index (χ1n) is 6.93. The number of fused-ring (bicyclic) bond motifs is 1. The Balaban J connectivity index is 1.56. The highest BCUT2D eigenvalue weighted by molar-refractivity contribution is 7.07. The van der Waals surface area contributed by atoms with Crippen LogP contribution >= 0.6 is 11.3 Å². The molecule has 1 aliphatic heterocycles. The summed E-state index contributed by atoms with van der Waals surface area (Å²) >= 11 is 1.61. The molecule has 0 aliphatic carbocycles. The molecule has 0 fully saturated rings. The van der Waals surface area contributed by atoms with Crippen molar-refractivity contribution in [1.29, 1.82) is 0 Å². The van der Waals surface area contributed by atoms with E-state index in [1.165, 1.54) is 23.8 Å². The Bertz CT molecular complexity index is 707. The van der Waals surface area contributed by atoms with Crippen molar-refractivity contribution in [3.63, 3.8) is 0 Å². The van der Waals surface area contributed by atoms with E-state index in [1.54, 1.807) is 11.3 Å². The van der Waals surface area contributed by atoms with E-state index in [9.17, 15) is 13.6 Å². The molecule has 3 rings (SSSR count). The number of alkyl halides is 2. The van der Waals surface area contributed by atoms with E-state index in [1.807, 2.05) is 23.9 Å². The predicted octanol–water partition coefficient (Wildman–Crippen LogP) is 1.72. The van der Waals surface area contributed by atoms with Crippen molar-refractivity contribution < 1.29 is 27.9 Å². The van der Waals surface area contributed by atoms with Gasteiger partial charge < -0.3 is 19.7 Å². The molecular weight excluding hydrogens is 326 g/mol. The number of ether oxygens (including phenoxy) is 2. The minimum absolute atomic E-state index is 0.0480. The van der Waals surface area contributed by atoms with Crippen molar-refractivity contribution in [2.75, 3.05) is 18.9 Å². The van der Waals surface area contributed by atoms with Crippen LogP contribution < -0.4 is 19.7 Å². The number of quaternary nitrogens is 1. The first-order chi connectivity index (χ1) is 10.9. The van der Waals surface area contributed by atoms with Gasteiger partial charge in [-0.3, -0.25) is 4.79 Å². The number of hydrogen-bond donors (Lipinski definition) is 2. The molecule has 0 saturated heterocycles. The fraction of sp³-hybridized carbons (Fsp3) is 0.267. The molecular formula is C15H15F2N2O3S+. The fourth-order valence-corrected chi connectivity index (χ4v) is 2.98. The molecule has 2 aromatic rings. The van der Waals surface area contributed by atoms with Gasteiger partial charge in [-0.15, -0.1) is 8.78 Å².